The largest absolute Gasteiger partial charge is 0.394 e. The average molecular weight is 528 g/mol. The SMILES string of the molecule is CN1CC=C[C@@H]2O[C@]34C=CCN(Cc5ccccc5)C(=O)C3N([C@@H](CO)Cc3ccccc3)C(=O)[C@@H]4[C@@H]2C1=O. The maximum Gasteiger partial charge on any atom is 0.249 e. The summed E-state index contributed by atoms with van der Waals surface area (Å²) in [5.74, 6) is -2.35. The molecule has 8 nitrogen and oxygen atoms in total. The summed E-state index contributed by atoms with van der Waals surface area (Å²) >= 11 is 0. The molecule has 2 saturated heterocycles. The number of ether oxygens (including phenoxy) is 1. The molecule has 6 atom stereocenters. The molecule has 39 heavy (non-hydrogen) atoms. The van der Waals surface area contributed by atoms with Crippen LogP contribution in [0.15, 0.2) is 85.0 Å². The molecule has 0 bridgehead atoms. The van der Waals surface area contributed by atoms with Crippen molar-refractivity contribution in [3.05, 3.63) is 96.1 Å². The highest BCUT2D eigenvalue weighted by molar-refractivity contribution is 6.00. The van der Waals surface area contributed by atoms with Gasteiger partial charge in [-0.2, -0.15) is 0 Å². The van der Waals surface area contributed by atoms with Crippen LogP contribution in [-0.4, -0.2) is 88.1 Å². The molecule has 8 heteroatoms. The minimum Gasteiger partial charge on any atom is -0.394 e. The van der Waals surface area contributed by atoms with Gasteiger partial charge < -0.3 is 24.5 Å². The molecule has 0 aliphatic carbocycles. The monoisotopic (exact) mass is 527 g/mol. The Labute approximate surface area is 228 Å². The number of carbonyl (C=O) groups is 3. The zero-order valence-corrected chi connectivity index (χ0v) is 21.9. The summed E-state index contributed by atoms with van der Waals surface area (Å²) in [6, 6.07) is 17.7. The molecule has 4 heterocycles. The number of hydrogen-bond donors (Lipinski definition) is 1. The summed E-state index contributed by atoms with van der Waals surface area (Å²) in [6.45, 7) is 0.840. The van der Waals surface area contributed by atoms with Gasteiger partial charge in [0, 0.05) is 26.7 Å². The molecule has 1 N–H and O–H groups in total. The van der Waals surface area contributed by atoms with Crippen molar-refractivity contribution in [3.8, 4) is 0 Å². The molecular formula is C31H33N3O5. The molecule has 2 aromatic rings. The third-order valence-electron chi connectivity index (χ3n) is 8.52. The minimum absolute atomic E-state index is 0.171. The maximum absolute atomic E-state index is 14.4. The zero-order valence-electron chi connectivity index (χ0n) is 21.9. The Morgan fingerprint density at radius 1 is 0.923 bits per heavy atom. The number of benzene rings is 2. The van der Waals surface area contributed by atoms with Gasteiger partial charge >= 0.3 is 0 Å². The number of amides is 3. The molecule has 6 rings (SSSR count). The number of nitrogens with zero attached hydrogens (tertiary/aromatic N) is 3. The number of rotatable bonds is 6. The molecule has 1 spiro atoms. The smallest absolute Gasteiger partial charge is 0.249 e. The van der Waals surface area contributed by atoms with Gasteiger partial charge in [-0.15, -0.1) is 0 Å². The number of aliphatic hydroxyl groups is 1. The predicted molar refractivity (Wildman–Crippen MR) is 144 cm³/mol. The number of carbonyl (C=O) groups excluding carboxylic acids is 3. The van der Waals surface area contributed by atoms with Crippen LogP contribution in [0.1, 0.15) is 11.1 Å². The van der Waals surface area contributed by atoms with Crippen molar-refractivity contribution in [2.75, 3.05) is 26.7 Å². The number of likely N-dealkylation sites (tertiary alicyclic amines) is 1. The standard InChI is InChI=1S/C31H33N3O5/c1-32-16-8-14-24-25(28(32)36)26-29(37)34(23(20-35)18-21-10-4-2-5-11-21)27-30(38)33(17-9-15-31(26,27)39-24)19-22-12-6-3-7-13-22/h2-15,23-27,35H,16-20H2,1H3/t23-,24+,25-,26+,27?,31+/m1/s1. The lowest BCUT2D eigenvalue weighted by molar-refractivity contribution is -0.151. The average Bonchev–Trinajstić information content (AvgIpc) is 3.29. The van der Waals surface area contributed by atoms with Crippen LogP contribution < -0.4 is 0 Å². The van der Waals surface area contributed by atoms with E-state index in [1.54, 1.807) is 16.8 Å². The normalized spacial score (nSPS) is 30.6. The van der Waals surface area contributed by atoms with Crippen LogP contribution in [0.25, 0.3) is 0 Å². The van der Waals surface area contributed by atoms with E-state index in [2.05, 4.69) is 0 Å². The molecule has 2 aromatic carbocycles. The van der Waals surface area contributed by atoms with Crippen molar-refractivity contribution < 1.29 is 24.2 Å². The van der Waals surface area contributed by atoms with Crippen molar-refractivity contribution in [3.63, 3.8) is 0 Å². The van der Waals surface area contributed by atoms with E-state index >= 15 is 0 Å². The van der Waals surface area contributed by atoms with E-state index < -0.39 is 35.6 Å². The molecule has 4 aliphatic rings. The van der Waals surface area contributed by atoms with E-state index in [9.17, 15) is 19.5 Å². The fourth-order valence-corrected chi connectivity index (χ4v) is 6.73. The summed E-state index contributed by atoms with van der Waals surface area (Å²) in [5, 5.41) is 10.6. The Hall–Kier alpha value is -3.75. The molecule has 4 aliphatic heterocycles. The fraction of sp³-hybridized carbons (Fsp3) is 0.387. The maximum atomic E-state index is 14.4. The topological polar surface area (TPSA) is 90.4 Å². The third-order valence-corrected chi connectivity index (χ3v) is 8.52. The fourth-order valence-electron chi connectivity index (χ4n) is 6.73. The first-order valence-corrected chi connectivity index (χ1v) is 13.5. The molecule has 202 valence electrons. The Balaban J connectivity index is 1.44. The summed E-state index contributed by atoms with van der Waals surface area (Å²) in [7, 11) is 1.72. The number of likely N-dealkylation sites (N-methyl/N-ethyl adjacent to an activating group) is 1. The lowest BCUT2D eigenvalue weighted by Crippen LogP contribution is -2.58. The Morgan fingerprint density at radius 3 is 2.31 bits per heavy atom. The summed E-state index contributed by atoms with van der Waals surface area (Å²) in [4.78, 5) is 47.3. The second kappa shape index (κ2) is 10.1. The molecular weight excluding hydrogens is 494 g/mol. The zero-order chi connectivity index (χ0) is 27.1. The van der Waals surface area contributed by atoms with Crippen LogP contribution in [0.3, 0.4) is 0 Å². The molecule has 2 fully saturated rings. The second-order valence-corrected chi connectivity index (χ2v) is 10.9. The number of hydrogen-bond acceptors (Lipinski definition) is 5. The van der Waals surface area contributed by atoms with Crippen LogP contribution in [0.4, 0.5) is 0 Å². The summed E-state index contributed by atoms with van der Waals surface area (Å²) in [6.07, 6.45) is 7.23. The summed E-state index contributed by atoms with van der Waals surface area (Å²) in [5.41, 5.74) is 0.611. The lowest BCUT2D eigenvalue weighted by Gasteiger charge is -2.38. The first kappa shape index (κ1) is 25.5. The van der Waals surface area contributed by atoms with Gasteiger partial charge in [-0.3, -0.25) is 14.4 Å². The van der Waals surface area contributed by atoms with Gasteiger partial charge in [0.05, 0.1) is 30.6 Å². The van der Waals surface area contributed by atoms with E-state index in [-0.39, 0.29) is 24.3 Å². The van der Waals surface area contributed by atoms with Gasteiger partial charge in [-0.05, 0) is 17.5 Å². The van der Waals surface area contributed by atoms with E-state index in [4.69, 9.17) is 4.74 Å². The van der Waals surface area contributed by atoms with Crippen molar-refractivity contribution in [2.24, 2.45) is 11.8 Å². The first-order chi connectivity index (χ1) is 18.9. The lowest BCUT2D eigenvalue weighted by atomic mass is 9.77. The Bertz CT molecular complexity index is 1310. The van der Waals surface area contributed by atoms with Crippen molar-refractivity contribution in [1.82, 2.24) is 14.7 Å². The van der Waals surface area contributed by atoms with Gasteiger partial charge in [0.25, 0.3) is 0 Å². The summed E-state index contributed by atoms with van der Waals surface area (Å²) < 4.78 is 6.66. The highest BCUT2D eigenvalue weighted by atomic mass is 16.5. The van der Waals surface area contributed by atoms with Gasteiger partial charge in [-0.25, -0.2) is 0 Å². The second-order valence-electron chi connectivity index (χ2n) is 10.9. The minimum atomic E-state index is -1.31. The van der Waals surface area contributed by atoms with Crippen LogP contribution in [0.2, 0.25) is 0 Å². The number of aliphatic hydroxyl groups excluding tert-OH is 1. The number of fused-ring (bicyclic) bond motifs is 2. The Kier molecular flexibility index (Phi) is 6.61. The first-order valence-electron chi connectivity index (χ1n) is 13.5. The van der Waals surface area contributed by atoms with Crippen molar-refractivity contribution in [2.45, 2.75) is 36.8 Å². The van der Waals surface area contributed by atoms with E-state index in [0.29, 0.717) is 26.1 Å². The highest BCUT2D eigenvalue weighted by Crippen LogP contribution is 2.54. The molecule has 0 aromatic heterocycles. The van der Waals surface area contributed by atoms with Crippen molar-refractivity contribution >= 4 is 17.7 Å². The van der Waals surface area contributed by atoms with Gasteiger partial charge in [0.2, 0.25) is 17.7 Å². The predicted octanol–water partition coefficient (Wildman–Crippen LogP) is 1.80. The van der Waals surface area contributed by atoms with Crippen LogP contribution in [0.5, 0.6) is 0 Å². The molecule has 1 unspecified atom stereocenters. The van der Waals surface area contributed by atoms with Crippen molar-refractivity contribution in [1.29, 1.82) is 0 Å². The van der Waals surface area contributed by atoms with Crippen LogP contribution in [0, 0.1) is 11.8 Å². The molecule has 0 saturated carbocycles. The van der Waals surface area contributed by atoms with Crippen LogP contribution >= 0.6 is 0 Å². The molecule has 0 radical (unpaired) electrons. The van der Waals surface area contributed by atoms with Gasteiger partial charge in [0.15, 0.2) is 0 Å². The van der Waals surface area contributed by atoms with Crippen LogP contribution in [-0.2, 0) is 32.1 Å². The van der Waals surface area contributed by atoms with E-state index in [1.807, 2.05) is 85.0 Å². The quantitative estimate of drug-likeness (QED) is 0.579. The molecule has 3 amide bonds. The van der Waals surface area contributed by atoms with Gasteiger partial charge in [-0.1, -0.05) is 85.0 Å². The third kappa shape index (κ3) is 4.19. The Morgan fingerprint density at radius 2 is 1.62 bits per heavy atom. The van der Waals surface area contributed by atoms with Gasteiger partial charge in [0.1, 0.15) is 11.6 Å². The van der Waals surface area contributed by atoms with E-state index in [1.165, 1.54) is 4.90 Å². The highest BCUT2D eigenvalue weighted by Gasteiger charge is 2.72. The van der Waals surface area contributed by atoms with E-state index in [0.717, 1.165) is 11.1 Å².